The second kappa shape index (κ2) is 11.6. The zero-order valence-electron chi connectivity index (χ0n) is 27.1. The first-order valence-electron chi connectivity index (χ1n) is 15.9. The summed E-state index contributed by atoms with van der Waals surface area (Å²) in [6.07, 6.45) is 4.87. The van der Waals surface area contributed by atoms with Gasteiger partial charge in [0.25, 0.3) is 5.56 Å². The lowest BCUT2D eigenvalue weighted by Gasteiger charge is -2.45. The van der Waals surface area contributed by atoms with Crippen LogP contribution in [0.4, 0.5) is 10.6 Å². The Balaban J connectivity index is 1.43. The number of carbonyl (C=O) groups excluding carboxylic acids is 1. The number of fused-ring (bicyclic) bond motifs is 2. The van der Waals surface area contributed by atoms with Crippen molar-refractivity contribution in [2.75, 3.05) is 38.2 Å². The topological polar surface area (TPSA) is 106 Å². The van der Waals surface area contributed by atoms with Crippen LogP contribution in [0.15, 0.2) is 23.0 Å². The fourth-order valence-electron chi connectivity index (χ4n) is 7.05. The number of carbonyl (C=O) groups is 1. The molecule has 236 valence electrons. The van der Waals surface area contributed by atoms with E-state index in [0.29, 0.717) is 36.9 Å². The SMILES string of the molecule is Cc1nc2c(N3[C@@H](C)CN(C(=O)OC(C)(C)C)C[C@@H]3C)nc(OC[C@@H]3CCCN3C)nc2c(=O)n1-c1cccc2c1CCC2. The Labute approximate surface area is 259 Å². The van der Waals surface area contributed by atoms with Crippen molar-refractivity contribution >= 4 is 22.9 Å². The number of aromatic nitrogens is 4. The van der Waals surface area contributed by atoms with Gasteiger partial charge < -0.3 is 24.2 Å². The van der Waals surface area contributed by atoms with Gasteiger partial charge in [-0.2, -0.15) is 9.97 Å². The van der Waals surface area contributed by atoms with Crippen LogP contribution < -0.4 is 15.2 Å². The van der Waals surface area contributed by atoms with Gasteiger partial charge in [0.05, 0.1) is 5.69 Å². The van der Waals surface area contributed by atoms with E-state index in [-0.39, 0.29) is 41.3 Å². The summed E-state index contributed by atoms with van der Waals surface area (Å²) in [5.74, 6) is 1.14. The largest absolute Gasteiger partial charge is 0.462 e. The lowest BCUT2D eigenvalue weighted by Crippen LogP contribution is -2.59. The van der Waals surface area contributed by atoms with E-state index in [9.17, 15) is 9.59 Å². The third-order valence-electron chi connectivity index (χ3n) is 9.10. The zero-order valence-corrected chi connectivity index (χ0v) is 27.1. The van der Waals surface area contributed by atoms with Crippen molar-refractivity contribution in [2.24, 2.45) is 0 Å². The van der Waals surface area contributed by atoms with Crippen LogP contribution in [0.2, 0.25) is 0 Å². The van der Waals surface area contributed by atoms with Crippen LogP contribution in [0, 0.1) is 6.92 Å². The van der Waals surface area contributed by atoms with Crippen molar-refractivity contribution in [3.8, 4) is 11.7 Å². The minimum Gasteiger partial charge on any atom is -0.462 e. The van der Waals surface area contributed by atoms with Gasteiger partial charge in [-0.25, -0.2) is 9.78 Å². The van der Waals surface area contributed by atoms with E-state index in [0.717, 1.165) is 44.3 Å². The molecular weight excluding hydrogens is 558 g/mol. The van der Waals surface area contributed by atoms with Gasteiger partial charge in [-0.1, -0.05) is 12.1 Å². The van der Waals surface area contributed by atoms with Gasteiger partial charge in [0.2, 0.25) is 0 Å². The maximum atomic E-state index is 14.4. The number of aryl methyl sites for hydroxylation is 2. The van der Waals surface area contributed by atoms with E-state index >= 15 is 0 Å². The predicted octanol–water partition coefficient (Wildman–Crippen LogP) is 4.28. The van der Waals surface area contributed by atoms with E-state index in [1.165, 1.54) is 11.1 Å². The number of ether oxygens (including phenoxy) is 2. The van der Waals surface area contributed by atoms with Gasteiger partial charge in [-0.3, -0.25) is 9.36 Å². The normalized spacial score (nSPS) is 22.5. The molecule has 1 amide bonds. The molecule has 0 unspecified atom stereocenters. The number of piperazine rings is 1. The van der Waals surface area contributed by atoms with E-state index in [2.05, 4.69) is 36.8 Å². The van der Waals surface area contributed by atoms with E-state index in [1.807, 2.05) is 39.8 Å². The maximum Gasteiger partial charge on any atom is 0.410 e. The van der Waals surface area contributed by atoms with E-state index in [1.54, 1.807) is 9.47 Å². The Bertz CT molecular complexity index is 1620. The molecule has 44 heavy (non-hydrogen) atoms. The van der Waals surface area contributed by atoms with Gasteiger partial charge in [-0.15, -0.1) is 0 Å². The number of anilines is 1. The van der Waals surface area contributed by atoms with Crippen molar-refractivity contribution in [3.05, 3.63) is 45.5 Å². The summed E-state index contributed by atoms with van der Waals surface area (Å²) >= 11 is 0. The Kier molecular flexibility index (Phi) is 8.02. The molecule has 11 nitrogen and oxygen atoms in total. The fraction of sp³-hybridized carbons (Fsp3) is 0.606. The summed E-state index contributed by atoms with van der Waals surface area (Å²) in [5.41, 5.74) is 3.24. The quantitative estimate of drug-likeness (QED) is 0.423. The summed E-state index contributed by atoms with van der Waals surface area (Å²) in [6, 6.07) is 6.36. The third kappa shape index (κ3) is 5.74. The maximum absolute atomic E-state index is 14.4. The number of benzene rings is 1. The summed E-state index contributed by atoms with van der Waals surface area (Å²) < 4.78 is 13.6. The molecule has 3 aliphatic rings. The van der Waals surface area contributed by atoms with Crippen molar-refractivity contribution in [1.29, 1.82) is 0 Å². The van der Waals surface area contributed by atoms with Crippen LogP contribution in [0.25, 0.3) is 16.7 Å². The first kappa shape index (κ1) is 30.3. The number of hydrogen-bond donors (Lipinski definition) is 0. The Morgan fingerprint density at radius 3 is 2.45 bits per heavy atom. The van der Waals surface area contributed by atoms with Crippen LogP contribution in [-0.4, -0.2) is 92.4 Å². The van der Waals surface area contributed by atoms with Crippen LogP contribution in [0.3, 0.4) is 0 Å². The van der Waals surface area contributed by atoms with Crippen molar-refractivity contribution in [3.63, 3.8) is 0 Å². The molecule has 4 heterocycles. The number of likely N-dealkylation sites (N-methyl/N-ethyl adjacent to an activating group) is 1. The average Bonchev–Trinajstić information content (AvgIpc) is 3.60. The highest BCUT2D eigenvalue weighted by Crippen LogP contribution is 2.32. The summed E-state index contributed by atoms with van der Waals surface area (Å²) in [6.45, 7) is 13.9. The molecule has 0 spiro atoms. The number of rotatable bonds is 5. The lowest BCUT2D eigenvalue weighted by atomic mass is 10.1. The van der Waals surface area contributed by atoms with Crippen molar-refractivity contribution in [2.45, 2.75) is 97.4 Å². The molecule has 3 aromatic rings. The van der Waals surface area contributed by atoms with Crippen LogP contribution in [-0.2, 0) is 17.6 Å². The molecule has 2 fully saturated rings. The first-order chi connectivity index (χ1) is 20.9. The zero-order chi connectivity index (χ0) is 31.3. The summed E-state index contributed by atoms with van der Waals surface area (Å²) in [7, 11) is 2.10. The molecule has 0 N–H and O–H groups in total. The smallest absolute Gasteiger partial charge is 0.410 e. The average molecular weight is 604 g/mol. The van der Waals surface area contributed by atoms with Crippen molar-refractivity contribution in [1.82, 2.24) is 29.3 Å². The van der Waals surface area contributed by atoms with Crippen molar-refractivity contribution < 1.29 is 14.3 Å². The first-order valence-corrected chi connectivity index (χ1v) is 15.9. The monoisotopic (exact) mass is 603 g/mol. The van der Waals surface area contributed by atoms with Crippen LogP contribution in [0.5, 0.6) is 6.01 Å². The summed E-state index contributed by atoms with van der Waals surface area (Å²) in [5, 5.41) is 0. The molecule has 0 bridgehead atoms. The number of amides is 1. The highest BCUT2D eigenvalue weighted by Gasteiger charge is 2.37. The molecule has 0 radical (unpaired) electrons. The minimum absolute atomic E-state index is 0.125. The Morgan fingerprint density at radius 2 is 1.77 bits per heavy atom. The Hall–Kier alpha value is -3.73. The molecular formula is C33H45N7O4. The molecule has 6 rings (SSSR count). The molecule has 11 heteroatoms. The number of likely N-dealkylation sites (tertiary alicyclic amines) is 1. The Morgan fingerprint density at radius 1 is 1.02 bits per heavy atom. The highest BCUT2D eigenvalue weighted by molar-refractivity contribution is 5.86. The lowest BCUT2D eigenvalue weighted by molar-refractivity contribution is 0.0192. The van der Waals surface area contributed by atoms with Crippen LogP contribution in [0.1, 0.15) is 70.8 Å². The molecule has 0 saturated carbocycles. The van der Waals surface area contributed by atoms with E-state index in [4.69, 9.17) is 24.4 Å². The van der Waals surface area contributed by atoms with Gasteiger partial charge in [0.1, 0.15) is 23.5 Å². The van der Waals surface area contributed by atoms with Crippen LogP contribution >= 0.6 is 0 Å². The fourth-order valence-corrected chi connectivity index (χ4v) is 7.05. The van der Waals surface area contributed by atoms with Gasteiger partial charge >= 0.3 is 12.1 Å². The van der Waals surface area contributed by atoms with Gasteiger partial charge in [-0.05, 0) is 104 Å². The molecule has 2 aromatic heterocycles. The predicted molar refractivity (Wildman–Crippen MR) is 170 cm³/mol. The molecule has 2 saturated heterocycles. The second-order valence-electron chi connectivity index (χ2n) is 13.7. The number of nitrogens with zero attached hydrogens (tertiary/aromatic N) is 7. The standard InChI is InChI=1S/C33H45N7O4/c1-20-17-38(32(42)44-33(4,5)6)18-21(2)39(20)29-27-28(35-31(36-29)43-19-24-13-10-16-37(24)7)30(41)40(22(3)34-27)26-15-9-12-23-11-8-14-25(23)26/h9,12,15,20-21,24H,8,10-11,13-14,16-19H2,1-7H3/t20-,21-,24-/m0/s1. The number of hydrogen-bond acceptors (Lipinski definition) is 9. The highest BCUT2D eigenvalue weighted by atomic mass is 16.6. The third-order valence-corrected chi connectivity index (χ3v) is 9.10. The van der Waals surface area contributed by atoms with Gasteiger partial charge in [0.15, 0.2) is 11.3 Å². The summed E-state index contributed by atoms with van der Waals surface area (Å²) in [4.78, 5) is 48.1. The minimum atomic E-state index is -0.580. The van der Waals surface area contributed by atoms with E-state index < -0.39 is 5.60 Å². The molecule has 1 aliphatic carbocycles. The molecule has 1 aromatic carbocycles. The van der Waals surface area contributed by atoms with Gasteiger partial charge in [0, 0.05) is 31.2 Å². The second-order valence-corrected chi connectivity index (χ2v) is 13.7. The molecule has 2 aliphatic heterocycles. The molecule has 3 atom stereocenters.